The van der Waals surface area contributed by atoms with Crippen molar-refractivity contribution in [2.45, 2.75) is 19.4 Å². The molecule has 2 aromatic rings. The van der Waals surface area contributed by atoms with Crippen molar-refractivity contribution in [3.8, 4) is 5.75 Å². The smallest absolute Gasteiger partial charge is 0.203 e. The van der Waals surface area contributed by atoms with Gasteiger partial charge in [-0.1, -0.05) is 72.1 Å². The van der Waals surface area contributed by atoms with Gasteiger partial charge in [-0.25, -0.2) is 0 Å². The van der Waals surface area contributed by atoms with Crippen LogP contribution in [0.2, 0.25) is 15.1 Å². The van der Waals surface area contributed by atoms with E-state index in [1.807, 2.05) is 25.1 Å². The van der Waals surface area contributed by atoms with Gasteiger partial charge in [-0.15, -0.1) is 0 Å². The lowest BCUT2D eigenvalue weighted by atomic mass is 10.0. The molecule has 5 heteroatoms. The Morgan fingerprint density at radius 2 is 1.67 bits per heavy atom. The maximum Gasteiger partial charge on any atom is 0.203 e. The van der Waals surface area contributed by atoms with Gasteiger partial charge >= 0.3 is 0 Å². The van der Waals surface area contributed by atoms with Crippen LogP contribution in [0.15, 0.2) is 42.5 Å². The molecule has 2 aromatic carbocycles. The third kappa shape index (κ3) is 3.91. The van der Waals surface area contributed by atoms with E-state index in [0.29, 0.717) is 32.8 Å². The van der Waals surface area contributed by atoms with E-state index in [4.69, 9.17) is 39.5 Å². The zero-order valence-corrected chi connectivity index (χ0v) is 13.5. The molecule has 0 saturated heterocycles. The molecule has 0 aliphatic rings. The van der Waals surface area contributed by atoms with Crippen LogP contribution in [0.4, 0.5) is 0 Å². The minimum Gasteiger partial charge on any atom is -0.481 e. The Morgan fingerprint density at radius 3 is 2.29 bits per heavy atom. The largest absolute Gasteiger partial charge is 0.481 e. The van der Waals surface area contributed by atoms with Gasteiger partial charge in [0.2, 0.25) is 5.78 Å². The SMILES string of the molecule is CCC(Oc1cc(Cl)c(Cl)cc1Cl)C(=O)c1ccccc1. The molecule has 1 unspecified atom stereocenters. The van der Waals surface area contributed by atoms with Crippen LogP contribution in [0.5, 0.6) is 5.75 Å². The van der Waals surface area contributed by atoms with Crippen molar-refractivity contribution in [2.24, 2.45) is 0 Å². The minimum absolute atomic E-state index is 0.0970. The Kier molecular flexibility index (Phi) is 5.51. The molecule has 0 aromatic heterocycles. The van der Waals surface area contributed by atoms with Crippen molar-refractivity contribution < 1.29 is 9.53 Å². The fraction of sp³-hybridized carbons (Fsp3) is 0.188. The number of carbonyl (C=O) groups excluding carboxylic acids is 1. The summed E-state index contributed by atoms with van der Waals surface area (Å²) in [5.41, 5.74) is 0.598. The summed E-state index contributed by atoms with van der Waals surface area (Å²) in [5, 5.41) is 0.998. The summed E-state index contributed by atoms with van der Waals surface area (Å²) in [7, 11) is 0. The summed E-state index contributed by atoms with van der Waals surface area (Å²) in [4.78, 5) is 12.4. The summed E-state index contributed by atoms with van der Waals surface area (Å²) < 4.78 is 5.72. The quantitative estimate of drug-likeness (QED) is 0.515. The summed E-state index contributed by atoms with van der Waals surface area (Å²) in [6.07, 6.45) is -0.105. The number of hydrogen-bond acceptors (Lipinski definition) is 2. The molecule has 0 aliphatic carbocycles. The third-order valence-electron chi connectivity index (χ3n) is 2.97. The molecule has 1 atom stereocenters. The van der Waals surface area contributed by atoms with E-state index in [-0.39, 0.29) is 5.78 Å². The summed E-state index contributed by atoms with van der Waals surface area (Å²) in [6.45, 7) is 1.87. The molecule has 0 aliphatic heterocycles. The van der Waals surface area contributed by atoms with Gasteiger partial charge in [-0.3, -0.25) is 4.79 Å². The van der Waals surface area contributed by atoms with Crippen LogP contribution >= 0.6 is 34.8 Å². The van der Waals surface area contributed by atoms with Gasteiger partial charge < -0.3 is 4.74 Å². The maximum atomic E-state index is 12.4. The highest BCUT2D eigenvalue weighted by atomic mass is 35.5. The fourth-order valence-electron chi connectivity index (χ4n) is 1.86. The van der Waals surface area contributed by atoms with Gasteiger partial charge in [0.05, 0.1) is 15.1 Å². The molecule has 2 rings (SSSR count). The van der Waals surface area contributed by atoms with Gasteiger partial charge in [0.25, 0.3) is 0 Å². The van der Waals surface area contributed by atoms with Crippen LogP contribution < -0.4 is 4.74 Å². The van der Waals surface area contributed by atoms with E-state index in [1.54, 1.807) is 12.1 Å². The molecule has 0 fully saturated rings. The van der Waals surface area contributed by atoms with Crippen molar-refractivity contribution in [1.29, 1.82) is 0 Å². The van der Waals surface area contributed by atoms with Crippen molar-refractivity contribution >= 4 is 40.6 Å². The molecule has 21 heavy (non-hydrogen) atoms. The molecule has 0 amide bonds. The fourth-order valence-corrected chi connectivity index (χ4v) is 2.44. The molecule has 0 radical (unpaired) electrons. The molecule has 0 bridgehead atoms. The molecular formula is C16H13Cl3O2. The number of ether oxygens (including phenoxy) is 1. The number of halogens is 3. The summed E-state index contributed by atoms with van der Waals surface area (Å²) in [5.74, 6) is 0.252. The van der Waals surface area contributed by atoms with Crippen LogP contribution in [-0.4, -0.2) is 11.9 Å². The first-order valence-electron chi connectivity index (χ1n) is 6.43. The number of carbonyl (C=O) groups is 1. The second kappa shape index (κ2) is 7.17. The lowest BCUT2D eigenvalue weighted by molar-refractivity contribution is 0.0787. The van der Waals surface area contributed by atoms with Crippen molar-refractivity contribution in [3.63, 3.8) is 0 Å². The Labute approximate surface area is 138 Å². The van der Waals surface area contributed by atoms with E-state index in [1.165, 1.54) is 12.1 Å². The number of rotatable bonds is 5. The second-order valence-corrected chi connectivity index (χ2v) is 5.66. The number of Topliss-reactive ketones (excluding diaryl/α,β-unsaturated/α-hetero) is 1. The maximum absolute atomic E-state index is 12.4. The monoisotopic (exact) mass is 342 g/mol. The van der Waals surface area contributed by atoms with Crippen LogP contribution in [-0.2, 0) is 0 Å². The van der Waals surface area contributed by atoms with Gasteiger partial charge in [-0.05, 0) is 12.5 Å². The number of ketones is 1. The average molecular weight is 344 g/mol. The Bertz CT molecular complexity index is 641. The first-order valence-corrected chi connectivity index (χ1v) is 7.56. The summed E-state index contributed by atoms with van der Waals surface area (Å²) in [6, 6.07) is 12.0. The van der Waals surface area contributed by atoms with Gasteiger partial charge in [0.1, 0.15) is 5.75 Å². The van der Waals surface area contributed by atoms with E-state index < -0.39 is 6.10 Å². The van der Waals surface area contributed by atoms with E-state index in [2.05, 4.69) is 0 Å². The van der Waals surface area contributed by atoms with Gasteiger partial charge in [0.15, 0.2) is 6.10 Å². The highest BCUT2D eigenvalue weighted by Gasteiger charge is 2.21. The average Bonchev–Trinajstić information content (AvgIpc) is 2.50. The molecule has 0 N–H and O–H groups in total. The standard InChI is InChI=1S/C16H13Cl3O2/c1-2-14(16(20)10-6-4-3-5-7-10)21-15-9-12(18)11(17)8-13(15)19/h3-9,14H,2H2,1H3. The van der Waals surface area contributed by atoms with Crippen LogP contribution in [0.25, 0.3) is 0 Å². The summed E-state index contributed by atoms with van der Waals surface area (Å²) >= 11 is 17.9. The second-order valence-electron chi connectivity index (χ2n) is 4.44. The van der Waals surface area contributed by atoms with Crippen molar-refractivity contribution in [2.75, 3.05) is 0 Å². The lowest BCUT2D eigenvalue weighted by Crippen LogP contribution is -2.26. The Morgan fingerprint density at radius 1 is 1.05 bits per heavy atom. The molecule has 2 nitrogen and oxygen atoms in total. The molecule has 0 saturated carbocycles. The van der Waals surface area contributed by atoms with Crippen molar-refractivity contribution in [3.05, 3.63) is 63.1 Å². The van der Waals surface area contributed by atoms with Crippen LogP contribution in [0.1, 0.15) is 23.7 Å². The lowest BCUT2D eigenvalue weighted by Gasteiger charge is -2.18. The van der Waals surface area contributed by atoms with E-state index >= 15 is 0 Å². The molecule has 110 valence electrons. The highest BCUT2D eigenvalue weighted by Crippen LogP contribution is 2.34. The molecular weight excluding hydrogens is 331 g/mol. The highest BCUT2D eigenvalue weighted by molar-refractivity contribution is 6.43. The first-order chi connectivity index (χ1) is 10.0. The Balaban J connectivity index is 2.24. The zero-order valence-electron chi connectivity index (χ0n) is 11.3. The van der Waals surface area contributed by atoms with E-state index in [0.717, 1.165) is 0 Å². The molecule has 0 spiro atoms. The Hall–Kier alpha value is -1.22. The zero-order chi connectivity index (χ0) is 15.4. The predicted molar refractivity (Wildman–Crippen MR) is 87.0 cm³/mol. The topological polar surface area (TPSA) is 26.3 Å². The van der Waals surface area contributed by atoms with Crippen LogP contribution in [0, 0.1) is 0 Å². The van der Waals surface area contributed by atoms with Gasteiger partial charge in [0, 0.05) is 11.6 Å². The van der Waals surface area contributed by atoms with E-state index in [9.17, 15) is 4.79 Å². The number of hydrogen-bond donors (Lipinski definition) is 0. The van der Waals surface area contributed by atoms with Crippen molar-refractivity contribution in [1.82, 2.24) is 0 Å². The molecule has 0 heterocycles. The first kappa shape index (κ1) is 16.2. The number of benzene rings is 2. The third-order valence-corrected chi connectivity index (χ3v) is 3.98. The van der Waals surface area contributed by atoms with Gasteiger partial charge in [-0.2, -0.15) is 0 Å². The predicted octanol–water partition coefficient (Wildman–Crippen LogP) is 5.69. The minimum atomic E-state index is -0.623. The normalized spacial score (nSPS) is 12.0. The van der Waals surface area contributed by atoms with Crippen LogP contribution in [0.3, 0.4) is 0 Å².